The van der Waals surface area contributed by atoms with Crippen molar-refractivity contribution in [2.24, 2.45) is 11.1 Å². The summed E-state index contributed by atoms with van der Waals surface area (Å²) >= 11 is 0. The Labute approximate surface area is 119 Å². The van der Waals surface area contributed by atoms with E-state index < -0.39 is 0 Å². The molecule has 0 amide bonds. The van der Waals surface area contributed by atoms with Crippen LogP contribution in [0.2, 0.25) is 0 Å². The van der Waals surface area contributed by atoms with Gasteiger partial charge in [-0.05, 0) is 36.8 Å². The first-order valence-electron chi connectivity index (χ1n) is 7.33. The fourth-order valence-electron chi connectivity index (χ4n) is 2.24. The first-order chi connectivity index (χ1) is 8.77. The van der Waals surface area contributed by atoms with E-state index in [1.165, 1.54) is 11.3 Å². The molecule has 2 atom stereocenters. The second-order valence-electron chi connectivity index (χ2n) is 6.65. The Morgan fingerprint density at radius 1 is 1.21 bits per heavy atom. The SMILES string of the molecule is CCC(N)Cc1ccccc1N(C)C(C)C(C)(C)C. The Balaban J connectivity index is 2.99. The number of hydrogen-bond donors (Lipinski definition) is 1. The van der Waals surface area contributed by atoms with Gasteiger partial charge in [0.2, 0.25) is 0 Å². The molecule has 1 aromatic rings. The van der Waals surface area contributed by atoms with E-state index in [1.807, 2.05) is 0 Å². The number of rotatable bonds is 5. The van der Waals surface area contributed by atoms with Gasteiger partial charge < -0.3 is 10.6 Å². The van der Waals surface area contributed by atoms with Gasteiger partial charge in [-0.25, -0.2) is 0 Å². The van der Waals surface area contributed by atoms with Gasteiger partial charge in [0.1, 0.15) is 0 Å². The van der Waals surface area contributed by atoms with Crippen LogP contribution >= 0.6 is 0 Å². The molecule has 2 heteroatoms. The summed E-state index contributed by atoms with van der Waals surface area (Å²) in [5.41, 5.74) is 9.05. The lowest BCUT2D eigenvalue weighted by Crippen LogP contribution is -2.40. The average Bonchev–Trinajstić information content (AvgIpc) is 2.36. The third kappa shape index (κ3) is 4.24. The zero-order valence-electron chi connectivity index (χ0n) is 13.4. The van der Waals surface area contributed by atoms with E-state index >= 15 is 0 Å². The minimum Gasteiger partial charge on any atom is -0.371 e. The first kappa shape index (κ1) is 16.0. The highest BCUT2D eigenvalue weighted by Gasteiger charge is 2.25. The summed E-state index contributed by atoms with van der Waals surface area (Å²) in [5.74, 6) is 0. The maximum absolute atomic E-state index is 6.12. The van der Waals surface area contributed by atoms with Crippen molar-refractivity contribution in [3.8, 4) is 0 Å². The molecule has 2 unspecified atom stereocenters. The number of nitrogens with zero attached hydrogens (tertiary/aromatic N) is 1. The Morgan fingerprint density at radius 2 is 1.79 bits per heavy atom. The van der Waals surface area contributed by atoms with Crippen LogP contribution in [0.15, 0.2) is 24.3 Å². The lowest BCUT2D eigenvalue weighted by Gasteiger charge is -2.38. The monoisotopic (exact) mass is 262 g/mol. The van der Waals surface area contributed by atoms with E-state index in [0.29, 0.717) is 6.04 Å². The average molecular weight is 262 g/mol. The molecule has 0 bridgehead atoms. The molecule has 2 nitrogen and oxygen atoms in total. The number of anilines is 1. The third-order valence-corrected chi connectivity index (χ3v) is 4.21. The molecule has 2 N–H and O–H groups in total. The summed E-state index contributed by atoms with van der Waals surface area (Å²) in [5, 5.41) is 0. The minimum atomic E-state index is 0.250. The van der Waals surface area contributed by atoms with Crippen molar-refractivity contribution in [2.75, 3.05) is 11.9 Å². The summed E-state index contributed by atoms with van der Waals surface area (Å²) in [6, 6.07) is 9.36. The van der Waals surface area contributed by atoms with Crippen LogP contribution in [0.25, 0.3) is 0 Å². The van der Waals surface area contributed by atoms with E-state index in [1.54, 1.807) is 0 Å². The van der Waals surface area contributed by atoms with Crippen LogP contribution in [0.5, 0.6) is 0 Å². The fourth-order valence-corrected chi connectivity index (χ4v) is 2.24. The zero-order valence-corrected chi connectivity index (χ0v) is 13.4. The molecule has 0 aromatic heterocycles. The van der Waals surface area contributed by atoms with Crippen LogP contribution in [0.1, 0.15) is 46.6 Å². The van der Waals surface area contributed by atoms with E-state index in [2.05, 4.69) is 70.8 Å². The molecule has 0 saturated carbocycles. The van der Waals surface area contributed by atoms with Gasteiger partial charge in [0.25, 0.3) is 0 Å². The van der Waals surface area contributed by atoms with Crippen molar-refractivity contribution in [3.63, 3.8) is 0 Å². The zero-order chi connectivity index (χ0) is 14.6. The molecule has 0 radical (unpaired) electrons. The highest BCUT2D eigenvalue weighted by Crippen LogP contribution is 2.29. The van der Waals surface area contributed by atoms with Gasteiger partial charge >= 0.3 is 0 Å². The molecular weight excluding hydrogens is 232 g/mol. The topological polar surface area (TPSA) is 29.3 Å². The second kappa shape index (κ2) is 6.42. The lowest BCUT2D eigenvalue weighted by molar-refractivity contribution is 0.329. The van der Waals surface area contributed by atoms with Gasteiger partial charge in [-0.15, -0.1) is 0 Å². The largest absolute Gasteiger partial charge is 0.371 e. The first-order valence-corrected chi connectivity index (χ1v) is 7.33. The van der Waals surface area contributed by atoms with E-state index in [0.717, 1.165) is 12.8 Å². The van der Waals surface area contributed by atoms with Crippen molar-refractivity contribution >= 4 is 5.69 Å². The van der Waals surface area contributed by atoms with Gasteiger partial charge in [-0.1, -0.05) is 45.9 Å². The van der Waals surface area contributed by atoms with E-state index in [4.69, 9.17) is 5.73 Å². The van der Waals surface area contributed by atoms with Gasteiger partial charge in [-0.3, -0.25) is 0 Å². The Bertz CT molecular complexity index is 392. The van der Waals surface area contributed by atoms with Crippen LogP contribution in [-0.4, -0.2) is 19.1 Å². The maximum Gasteiger partial charge on any atom is 0.0399 e. The standard InChI is InChI=1S/C17H30N2/c1-7-15(18)12-14-10-8-9-11-16(14)19(6)13(2)17(3,4)5/h8-11,13,15H,7,12,18H2,1-6H3. The van der Waals surface area contributed by atoms with Crippen molar-refractivity contribution in [3.05, 3.63) is 29.8 Å². The van der Waals surface area contributed by atoms with Crippen molar-refractivity contribution < 1.29 is 0 Å². The summed E-state index contributed by atoms with van der Waals surface area (Å²) in [6.07, 6.45) is 1.97. The van der Waals surface area contributed by atoms with Crippen LogP contribution in [0.4, 0.5) is 5.69 Å². The molecule has 108 valence electrons. The Morgan fingerprint density at radius 3 is 2.32 bits per heavy atom. The molecule has 0 aliphatic carbocycles. The molecule has 0 spiro atoms. The maximum atomic E-state index is 6.12. The lowest BCUT2D eigenvalue weighted by atomic mass is 9.86. The molecule has 19 heavy (non-hydrogen) atoms. The molecule has 0 fully saturated rings. The highest BCUT2D eigenvalue weighted by atomic mass is 15.1. The molecule has 0 aliphatic rings. The number of benzene rings is 1. The third-order valence-electron chi connectivity index (χ3n) is 4.21. The van der Waals surface area contributed by atoms with Gasteiger partial charge in [0.15, 0.2) is 0 Å². The summed E-state index contributed by atoms with van der Waals surface area (Å²) in [4.78, 5) is 2.39. The fraction of sp³-hybridized carbons (Fsp3) is 0.647. The van der Waals surface area contributed by atoms with Crippen LogP contribution in [0.3, 0.4) is 0 Å². The molecular formula is C17H30N2. The van der Waals surface area contributed by atoms with Gasteiger partial charge in [-0.2, -0.15) is 0 Å². The molecule has 1 aromatic carbocycles. The normalized spacial score (nSPS) is 15.1. The Hall–Kier alpha value is -1.02. The summed E-state index contributed by atoms with van der Waals surface area (Å²) < 4.78 is 0. The van der Waals surface area contributed by atoms with Crippen molar-refractivity contribution in [2.45, 2.75) is 59.5 Å². The smallest absolute Gasteiger partial charge is 0.0399 e. The quantitative estimate of drug-likeness (QED) is 0.873. The predicted octanol–water partition coefficient (Wildman–Crippen LogP) is 3.84. The number of hydrogen-bond acceptors (Lipinski definition) is 2. The van der Waals surface area contributed by atoms with E-state index in [-0.39, 0.29) is 11.5 Å². The van der Waals surface area contributed by atoms with Gasteiger partial charge in [0, 0.05) is 24.8 Å². The molecule has 0 aliphatic heterocycles. The second-order valence-corrected chi connectivity index (χ2v) is 6.65. The number of nitrogens with two attached hydrogens (primary N) is 1. The highest BCUT2D eigenvalue weighted by molar-refractivity contribution is 5.54. The van der Waals surface area contributed by atoms with Crippen molar-refractivity contribution in [1.82, 2.24) is 0 Å². The molecule has 0 heterocycles. The van der Waals surface area contributed by atoms with Crippen LogP contribution in [0, 0.1) is 5.41 Å². The van der Waals surface area contributed by atoms with Crippen LogP contribution in [-0.2, 0) is 6.42 Å². The van der Waals surface area contributed by atoms with Crippen LogP contribution < -0.4 is 10.6 Å². The molecule has 0 saturated heterocycles. The minimum absolute atomic E-state index is 0.250. The van der Waals surface area contributed by atoms with Crippen molar-refractivity contribution in [1.29, 1.82) is 0 Å². The summed E-state index contributed by atoms with van der Waals surface area (Å²) in [7, 11) is 2.19. The number of para-hydroxylation sites is 1. The summed E-state index contributed by atoms with van der Waals surface area (Å²) in [6.45, 7) is 11.3. The van der Waals surface area contributed by atoms with Gasteiger partial charge in [0.05, 0.1) is 0 Å². The van der Waals surface area contributed by atoms with E-state index in [9.17, 15) is 0 Å². The molecule has 1 rings (SSSR count). The Kier molecular flexibility index (Phi) is 5.42. The predicted molar refractivity (Wildman–Crippen MR) is 85.7 cm³/mol.